The summed E-state index contributed by atoms with van der Waals surface area (Å²) in [6.07, 6.45) is 3.41. The van der Waals surface area contributed by atoms with Crippen LogP contribution in [-0.2, 0) is 12.3 Å². The summed E-state index contributed by atoms with van der Waals surface area (Å²) < 4.78 is 2.18. The molecular formula is C21H21ClN4S. The normalized spacial score (nSPS) is 10.7. The van der Waals surface area contributed by atoms with Crippen LogP contribution in [0.3, 0.4) is 0 Å². The number of aromatic nitrogens is 3. The Hall–Kier alpha value is -2.29. The molecule has 0 radical (unpaired) electrons. The van der Waals surface area contributed by atoms with Crippen molar-refractivity contribution in [2.24, 2.45) is 0 Å². The maximum atomic E-state index is 9.29. The second-order valence-corrected chi connectivity index (χ2v) is 7.61. The van der Waals surface area contributed by atoms with Gasteiger partial charge in [0.25, 0.3) is 0 Å². The van der Waals surface area contributed by atoms with Crippen molar-refractivity contribution < 1.29 is 0 Å². The Balaban J connectivity index is 1.85. The molecule has 2 aromatic carbocycles. The van der Waals surface area contributed by atoms with Gasteiger partial charge in [-0.25, -0.2) is 0 Å². The molecule has 3 aromatic rings. The minimum atomic E-state index is 0.691. The molecule has 0 saturated carbocycles. The van der Waals surface area contributed by atoms with Gasteiger partial charge in [0.15, 0.2) is 11.0 Å². The third-order valence-electron chi connectivity index (χ3n) is 4.30. The number of hydrogen-bond acceptors (Lipinski definition) is 4. The van der Waals surface area contributed by atoms with Crippen molar-refractivity contribution in [3.63, 3.8) is 0 Å². The van der Waals surface area contributed by atoms with E-state index >= 15 is 0 Å². The van der Waals surface area contributed by atoms with Crippen molar-refractivity contribution in [3.05, 3.63) is 64.7 Å². The van der Waals surface area contributed by atoms with Crippen LogP contribution in [0, 0.1) is 11.3 Å². The predicted octanol–water partition coefficient (Wildman–Crippen LogP) is 5.95. The standard InChI is InChI=1S/C21H21ClN4S/c1-2-3-6-13-26-20(16-9-11-19(22)12-10-16)24-25-21(26)27-15-18-8-5-4-7-17(18)14-23/h4-5,7-12H,2-3,6,13,15H2,1H3. The quantitative estimate of drug-likeness (QED) is 0.348. The Labute approximate surface area is 169 Å². The first-order chi connectivity index (χ1) is 13.2. The lowest BCUT2D eigenvalue weighted by molar-refractivity contribution is 0.570. The molecule has 0 atom stereocenters. The fourth-order valence-corrected chi connectivity index (χ4v) is 3.92. The van der Waals surface area contributed by atoms with Crippen LogP contribution in [-0.4, -0.2) is 14.8 Å². The number of hydrogen-bond donors (Lipinski definition) is 0. The van der Waals surface area contributed by atoms with Crippen LogP contribution in [0.5, 0.6) is 0 Å². The van der Waals surface area contributed by atoms with Gasteiger partial charge in [0.05, 0.1) is 11.6 Å². The number of thioether (sulfide) groups is 1. The van der Waals surface area contributed by atoms with Crippen molar-refractivity contribution in [1.29, 1.82) is 5.26 Å². The van der Waals surface area contributed by atoms with Gasteiger partial charge in [0.1, 0.15) is 0 Å². The highest BCUT2D eigenvalue weighted by atomic mass is 35.5. The van der Waals surface area contributed by atoms with Crippen LogP contribution < -0.4 is 0 Å². The zero-order chi connectivity index (χ0) is 19.1. The molecule has 0 amide bonds. The molecule has 1 aromatic heterocycles. The Morgan fingerprint density at radius 3 is 2.59 bits per heavy atom. The molecule has 0 aliphatic heterocycles. The molecule has 27 heavy (non-hydrogen) atoms. The van der Waals surface area contributed by atoms with E-state index in [4.69, 9.17) is 11.6 Å². The van der Waals surface area contributed by atoms with Gasteiger partial charge in [-0.05, 0) is 42.3 Å². The van der Waals surface area contributed by atoms with Gasteiger partial charge in [-0.15, -0.1) is 10.2 Å². The second-order valence-electron chi connectivity index (χ2n) is 6.23. The summed E-state index contributed by atoms with van der Waals surface area (Å²) >= 11 is 7.64. The van der Waals surface area contributed by atoms with E-state index < -0.39 is 0 Å². The van der Waals surface area contributed by atoms with Gasteiger partial charge >= 0.3 is 0 Å². The number of nitrogens with zero attached hydrogens (tertiary/aromatic N) is 4. The van der Waals surface area contributed by atoms with Crippen molar-refractivity contribution in [3.8, 4) is 17.5 Å². The summed E-state index contributed by atoms with van der Waals surface area (Å²) in [6.45, 7) is 3.07. The van der Waals surface area contributed by atoms with Gasteiger partial charge in [0, 0.05) is 22.9 Å². The van der Waals surface area contributed by atoms with E-state index in [1.54, 1.807) is 11.8 Å². The molecule has 0 saturated heterocycles. The van der Waals surface area contributed by atoms with Crippen LogP contribution in [0.1, 0.15) is 37.3 Å². The lowest BCUT2D eigenvalue weighted by Crippen LogP contribution is -2.03. The fourth-order valence-electron chi connectivity index (χ4n) is 2.83. The summed E-state index contributed by atoms with van der Waals surface area (Å²) in [5.41, 5.74) is 2.73. The molecule has 0 unspecified atom stereocenters. The molecule has 138 valence electrons. The summed E-state index contributed by atoms with van der Waals surface area (Å²) in [4.78, 5) is 0. The first kappa shape index (κ1) is 19.5. The Morgan fingerprint density at radius 1 is 1.07 bits per heavy atom. The minimum absolute atomic E-state index is 0.691. The Morgan fingerprint density at radius 2 is 1.85 bits per heavy atom. The SMILES string of the molecule is CCCCCn1c(SCc2ccccc2C#N)nnc1-c1ccc(Cl)cc1. The topological polar surface area (TPSA) is 54.5 Å². The zero-order valence-corrected chi connectivity index (χ0v) is 16.8. The van der Waals surface area contributed by atoms with Crippen LogP contribution in [0.15, 0.2) is 53.7 Å². The van der Waals surface area contributed by atoms with Crippen molar-refractivity contribution in [2.75, 3.05) is 0 Å². The van der Waals surface area contributed by atoms with Crippen LogP contribution in [0.25, 0.3) is 11.4 Å². The lowest BCUT2D eigenvalue weighted by Gasteiger charge is -2.10. The van der Waals surface area contributed by atoms with E-state index in [-0.39, 0.29) is 0 Å². The largest absolute Gasteiger partial charge is 0.302 e. The van der Waals surface area contributed by atoms with E-state index in [0.29, 0.717) is 16.3 Å². The maximum Gasteiger partial charge on any atom is 0.191 e. The average Bonchev–Trinajstić information content (AvgIpc) is 3.10. The van der Waals surface area contributed by atoms with Gasteiger partial charge in [0.2, 0.25) is 0 Å². The summed E-state index contributed by atoms with van der Waals surface area (Å²) in [6, 6.07) is 17.6. The molecule has 0 spiro atoms. The van der Waals surface area contributed by atoms with E-state index in [9.17, 15) is 5.26 Å². The predicted molar refractivity (Wildman–Crippen MR) is 111 cm³/mol. The molecule has 0 N–H and O–H groups in total. The van der Waals surface area contributed by atoms with Gasteiger partial charge < -0.3 is 4.57 Å². The number of unbranched alkanes of at least 4 members (excludes halogenated alkanes) is 2. The molecule has 0 bridgehead atoms. The summed E-state index contributed by atoms with van der Waals surface area (Å²) in [7, 11) is 0. The molecule has 6 heteroatoms. The molecule has 0 fully saturated rings. The van der Waals surface area contributed by atoms with Gasteiger partial charge in [-0.2, -0.15) is 5.26 Å². The van der Waals surface area contributed by atoms with Crippen molar-refractivity contribution in [1.82, 2.24) is 14.8 Å². The fraction of sp³-hybridized carbons (Fsp3) is 0.286. The third kappa shape index (κ3) is 4.91. The molecule has 1 heterocycles. The monoisotopic (exact) mass is 396 g/mol. The number of nitriles is 1. The molecule has 4 nitrogen and oxygen atoms in total. The van der Waals surface area contributed by atoms with E-state index in [1.807, 2.05) is 48.5 Å². The number of halogens is 1. The highest BCUT2D eigenvalue weighted by Gasteiger charge is 2.15. The molecule has 3 rings (SSSR count). The maximum absolute atomic E-state index is 9.29. The molecule has 0 aliphatic carbocycles. The highest BCUT2D eigenvalue weighted by molar-refractivity contribution is 7.98. The van der Waals surface area contributed by atoms with Crippen molar-refractivity contribution in [2.45, 2.75) is 43.6 Å². The first-order valence-corrected chi connectivity index (χ1v) is 10.4. The number of rotatable bonds is 8. The second kappa shape index (κ2) is 9.59. The lowest BCUT2D eigenvalue weighted by atomic mass is 10.1. The van der Waals surface area contributed by atoms with Crippen LogP contribution in [0.4, 0.5) is 0 Å². The molecule has 0 aliphatic rings. The van der Waals surface area contributed by atoms with Crippen molar-refractivity contribution >= 4 is 23.4 Å². The highest BCUT2D eigenvalue weighted by Crippen LogP contribution is 2.28. The third-order valence-corrected chi connectivity index (χ3v) is 5.57. The number of benzene rings is 2. The first-order valence-electron chi connectivity index (χ1n) is 9.03. The smallest absolute Gasteiger partial charge is 0.191 e. The summed E-state index contributed by atoms with van der Waals surface area (Å²) in [5.74, 6) is 1.55. The van der Waals surface area contributed by atoms with E-state index in [2.05, 4.69) is 27.8 Å². The average molecular weight is 397 g/mol. The van der Waals surface area contributed by atoms with Gasteiger partial charge in [-0.3, -0.25) is 0 Å². The minimum Gasteiger partial charge on any atom is -0.302 e. The Kier molecular flexibility index (Phi) is 6.92. The van der Waals surface area contributed by atoms with Gasteiger partial charge in [-0.1, -0.05) is 61.3 Å². The zero-order valence-electron chi connectivity index (χ0n) is 15.2. The van der Waals surface area contributed by atoms with E-state index in [0.717, 1.165) is 41.5 Å². The van der Waals surface area contributed by atoms with Crippen LogP contribution in [0.2, 0.25) is 5.02 Å². The Bertz CT molecular complexity index is 928. The molecular weight excluding hydrogens is 376 g/mol. The summed E-state index contributed by atoms with van der Waals surface area (Å²) in [5, 5.41) is 19.7. The van der Waals surface area contributed by atoms with E-state index in [1.165, 1.54) is 6.42 Å². The van der Waals surface area contributed by atoms with Crippen LogP contribution >= 0.6 is 23.4 Å².